The molecule has 2 heterocycles. The molecule has 1 aliphatic heterocycles. The predicted molar refractivity (Wildman–Crippen MR) is 102 cm³/mol. The Morgan fingerprint density at radius 2 is 2.17 bits per heavy atom. The number of likely N-dealkylation sites (tertiary alicyclic amines) is 1. The summed E-state index contributed by atoms with van der Waals surface area (Å²) >= 11 is 0. The molecule has 0 spiro atoms. The van der Waals surface area contributed by atoms with Crippen LogP contribution in [0.25, 0.3) is 0 Å². The predicted octanol–water partition coefficient (Wildman–Crippen LogP) is 0.916. The lowest BCUT2D eigenvalue weighted by Gasteiger charge is -2.24. The third-order valence-electron chi connectivity index (χ3n) is 4.70. The number of methoxy groups -OCH3 is 2. The maximum atomic E-state index is 14.1. The fraction of sp³-hybridized carbons (Fsp3) is 0.474. The largest absolute Gasteiger partial charge is 0.497 e. The van der Waals surface area contributed by atoms with Crippen molar-refractivity contribution >= 4 is 11.8 Å². The molecule has 0 unspecified atom stereocenters. The number of carbonyl (C=O) groups is 2. The van der Waals surface area contributed by atoms with E-state index in [4.69, 9.17) is 9.47 Å². The number of hydrogen-bond acceptors (Lipinski definition) is 6. The van der Waals surface area contributed by atoms with E-state index in [-0.39, 0.29) is 37.0 Å². The van der Waals surface area contributed by atoms with Gasteiger partial charge in [0.2, 0.25) is 0 Å². The van der Waals surface area contributed by atoms with Crippen LogP contribution in [0.4, 0.5) is 4.39 Å². The molecule has 1 aliphatic rings. The smallest absolute Gasteiger partial charge is 0.273 e. The Labute approximate surface area is 167 Å². The van der Waals surface area contributed by atoms with E-state index in [1.165, 1.54) is 22.9 Å². The number of aromatic nitrogens is 3. The monoisotopic (exact) mass is 405 g/mol. The Balaban J connectivity index is 1.68. The van der Waals surface area contributed by atoms with Crippen molar-refractivity contribution < 1.29 is 23.5 Å². The molecule has 1 N–H and O–H groups in total. The molecule has 9 nitrogen and oxygen atoms in total. The van der Waals surface area contributed by atoms with Crippen LogP contribution < -0.4 is 10.1 Å². The third kappa shape index (κ3) is 5.08. The lowest BCUT2D eigenvalue weighted by atomic mass is 10.1. The molecule has 0 aliphatic carbocycles. The van der Waals surface area contributed by atoms with Gasteiger partial charge in [0.05, 0.1) is 39.0 Å². The fourth-order valence-corrected chi connectivity index (χ4v) is 3.27. The second-order valence-electron chi connectivity index (χ2n) is 6.75. The van der Waals surface area contributed by atoms with Crippen LogP contribution in [0.3, 0.4) is 0 Å². The zero-order chi connectivity index (χ0) is 20.8. The van der Waals surface area contributed by atoms with Crippen LogP contribution in [0.5, 0.6) is 5.75 Å². The van der Waals surface area contributed by atoms with Crippen molar-refractivity contribution in [3.63, 3.8) is 0 Å². The molecule has 0 bridgehead atoms. The van der Waals surface area contributed by atoms with Crippen molar-refractivity contribution in [3.8, 4) is 5.75 Å². The number of ether oxygens (including phenoxy) is 2. The lowest BCUT2D eigenvalue weighted by molar-refractivity contribution is 0.0714. The number of amides is 2. The summed E-state index contributed by atoms with van der Waals surface area (Å²) in [7, 11) is 3.06. The van der Waals surface area contributed by atoms with Gasteiger partial charge in [-0.05, 0) is 18.2 Å². The molecular weight excluding hydrogens is 381 g/mol. The van der Waals surface area contributed by atoms with Crippen LogP contribution in [0, 0.1) is 0 Å². The second-order valence-corrected chi connectivity index (χ2v) is 6.75. The van der Waals surface area contributed by atoms with Crippen molar-refractivity contribution in [1.82, 2.24) is 25.2 Å². The van der Waals surface area contributed by atoms with Gasteiger partial charge in [-0.3, -0.25) is 9.59 Å². The molecule has 0 radical (unpaired) electrons. The maximum absolute atomic E-state index is 14.1. The number of nitrogens with one attached hydrogen (secondary N) is 1. The molecule has 156 valence electrons. The van der Waals surface area contributed by atoms with Crippen LogP contribution in [0.2, 0.25) is 0 Å². The molecule has 1 saturated heterocycles. The summed E-state index contributed by atoms with van der Waals surface area (Å²) in [5.74, 6) is -0.0806. The summed E-state index contributed by atoms with van der Waals surface area (Å²) in [6, 6.07) is 6.37. The van der Waals surface area contributed by atoms with E-state index in [1.807, 2.05) is 0 Å². The van der Waals surface area contributed by atoms with Gasteiger partial charge < -0.3 is 19.7 Å². The van der Waals surface area contributed by atoms with E-state index in [9.17, 15) is 14.0 Å². The van der Waals surface area contributed by atoms with Crippen LogP contribution in [-0.4, -0.2) is 77.8 Å². The Bertz CT molecular complexity index is 859. The van der Waals surface area contributed by atoms with Crippen LogP contribution in [0.15, 0.2) is 30.5 Å². The summed E-state index contributed by atoms with van der Waals surface area (Å²) in [5, 5.41) is 10.5. The van der Waals surface area contributed by atoms with Gasteiger partial charge in [-0.1, -0.05) is 11.3 Å². The quantitative estimate of drug-likeness (QED) is 0.656. The van der Waals surface area contributed by atoms with Gasteiger partial charge in [-0.2, -0.15) is 0 Å². The highest BCUT2D eigenvalue weighted by Crippen LogP contribution is 2.25. The summed E-state index contributed by atoms with van der Waals surface area (Å²) in [6.07, 6.45) is 0.571. The molecule has 2 atom stereocenters. The van der Waals surface area contributed by atoms with E-state index in [0.717, 1.165) is 0 Å². The van der Waals surface area contributed by atoms with Gasteiger partial charge >= 0.3 is 0 Å². The van der Waals surface area contributed by atoms with Gasteiger partial charge in [-0.15, -0.1) is 5.10 Å². The first-order chi connectivity index (χ1) is 14.0. The second kappa shape index (κ2) is 9.46. The van der Waals surface area contributed by atoms with E-state index in [0.29, 0.717) is 24.5 Å². The zero-order valence-electron chi connectivity index (χ0n) is 16.4. The SMILES string of the molecule is COCCNC(=O)c1cn(C[C@@H]2C[C@H](F)CN2C(=O)c2cccc(OC)c2)nn1. The van der Waals surface area contributed by atoms with Crippen molar-refractivity contribution in [2.24, 2.45) is 0 Å². The molecule has 10 heteroatoms. The Kier molecular flexibility index (Phi) is 6.76. The lowest BCUT2D eigenvalue weighted by Crippen LogP contribution is -2.38. The molecule has 2 aromatic rings. The van der Waals surface area contributed by atoms with Gasteiger partial charge in [0.15, 0.2) is 5.69 Å². The average molecular weight is 405 g/mol. The van der Waals surface area contributed by atoms with Gasteiger partial charge in [0, 0.05) is 25.6 Å². The number of carbonyl (C=O) groups excluding carboxylic acids is 2. The first-order valence-electron chi connectivity index (χ1n) is 9.28. The number of benzene rings is 1. The average Bonchev–Trinajstić information content (AvgIpc) is 3.34. The third-order valence-corrected chi connectivity index (χ3v) is 4.70. The van der Waals surface area contributed by atoms with E-state index in [2.05, 4.69) is 15.6 Å². The normalized spacial score (nSPS) is 18.7. The number of hydrogen-bond donors (Lipinski definition) is 1. The molecule has 1 fully saturated rings. The fourth-order valence-electron chi connectivity index (χ4n) is 3.27. The van der Waals surface area contributed by atoms with Gasteiger partial charge in [0.25, 0.3) is 11.8 Å². The standard InChI is InChI=1S/C19H24FN5O4/c1-28-7-6-21-18(26)17-12-24(23-22-17)11-15-9-14(20)10-25(15)19(27)13-4-3-5-16(8-13)29-2/h3-5,8,12,14-15H,6-7,9-11H2,1-2H3,(H,21,26)/t14-,15-/m0/s1. The molecular formula is C19H24FN5O4. The molecule has 1 aromatic carbocycles. The number of halogens is 1. The first-order valence-corrected chi connectivity index (χ1v) is 9.28. The first kappa shape index (κ1) is 20.7. The number of rotatable bonds is 8. The maximum Gasteiger partial charge on any atom is 0.273 e. The highest BCUT2D eigenvalue weighted by atomic mass is 19.1. The molecule has 3 rings (SSSR count). The van der Waals surface area contributed by atoms with Crippen molar-refractivity contribution in [1.29, 1.82) is 0 Å². The minimum Gasteiger partial charge on any atom is -0.497 e. The Morgan fingerprint density at radius 1 is 1.34 bits per heavy atom. The number of nitrogens with zero attached hydrogens (tertiary/aromatic N) is 4. The van der Waals surface area contributed by atoms with Crippen molar-refractivity contribution in [2.45, 2.75) is 25.2 Å². The van der Waals surface area contributed by atoms with Crippen molar-refractivity contribution in [3.05, 3.63) is 41.7 Å². The number of alkyl halides is 1. The Hall–Kier alpha value is -3.01. The minimum absolute atomic E-state index is 0.0137. The molecule has 29 heavy (non-hydrogen) atoms. The van der Waals surface area contributed by atoms with E-state index < -0.39 is 12.2 Å². The highest BCUT2D eigenvalue weighted by Gasteiger charge is 2.36. The molecule has 1 aromatic heterocycles. The van der Waals surface area contributed by atoms with Gasteiger partial charge in [0.1, 0.15) is 11.9 Å². The molecule has 2 amide bonds. The molecule has 0 saturated carbocycles. The van der Waals surface area contributed by atoms with Gasteiger partial charge in [-0.25, -0.2) is 9.07 Å². The highest BCUT2D eigenvalue weighted by molar-refractivity contribution is 5.95. The van der Waals surface area contributed by atoms with Crippen LogP contribution in [-0.2, 0) is 11.3 Å². The van der Waals surface area contributed by atoms with Crippen molar-refractivity contribution in [2.75, 3.05) is 33.9 Å². The summed E-state index contributed by atoms with van der Waals surface area (Å²) in [4.78, 5) is 26.4. The Morgan fingerprint density at radius 3 is 2.93 bits per heavy atom. The summed E-state index contributed by atoms with van der Waals surface area (Å²) in [6.45, 7) is 1.01. The van der Waals surface area contributed by atoms with Crippen LogP contribution in [0.1, 0.15) is 27.3 Å². The topological polar surface area (TPSA) is 98.6 Å². The zero-order valence-corrected chi connectivity index (χ0v) is 16.4. The van der Waals surface area contributed by atoms with Crippen LogP contribution >= 0.6 is 0 Å². The summed E-state index contributed by atoms with van der Waals surface area (Å²) < 4.78 is 25.6. The minimum atomic E-state index is -1.12. The van der Waals surface area contributed by atoms with E-state index in [1.54, 1.807) is 31.4 Å². The van der Waals surface area contributed by atoms with E-state index >= 15 is 0 Å². The summed E-state index contributed by atoms with van der Waals surface area (Å²) in [5.41, 5.74) is 0.585.